The van der Waals surface area contributed by atoms with Gasteiger partial charge in [-0.2, -0.15) is 0 Å². The number of amides is 2. The van der Waals surface area contributed by atoms with Gasteiger partial charge in [0.25, 0.3) is 0 Å². The molecule has 0 aromatic heterocycles. The van der Waals surface area contributed by atoms with Crippen LogP contribution in [0.2, 0.25) is 0 Å². The predicted molar refractivity (Wildman–Crippen MR) is 117 cm³/mol. The van der Waals surface area contributed by atoms with Gasteiger partial charge in [-0.15, -0.1) is 0 Å². The van der Waals surface area contributed by atoms with Crippen molar-refractivity contribution in [2.75, 3.05) is 39.4 Å². The van der Waals surface area contributed by atoms with Crippen molar-refractivity contribution >= 4 is 11.8 Å². The zero-order valence-electron chi connectivity index (χ0n) is 18.6. The van der Waals surface area contributed by atoms with Crippen LogP contribution in [0.3, 0.4) is 0 Å². The molecule has 2 saturated heterocycles. The van der Waals surface area contributed by atoms with Crippen LogP contribution in [0.4, 0.5) is 0 Å². The molecule has 5 heteroatoms. The maximum absolute atomic E-state index is 13.0. The summed E-state index contributed by atoms with van der Waals surface area (Å²) in [6.45, 7) is 8.75. The molecule has 1 aromatic carbocycles. The number of piperidine rings is 1. The molecule has 30 heavy (non-hydrogen) atoms. The third kappa shape index (κ3) is 4.01. The summed E-state index contributed by atoms with van der Waals surface area (Å²) in [5, 5.41) is 0. The van der Waals surface area contributed by atoms with E-state index in [0.717, 1.165) is 58.3 Å². The second kappa shape index (κ2) is 9.09. The highest BCUT2D eigenvalue weighted by Crippen LogP contribution is 2.52. The topological polar surface area (TPSA) is 49.9 Å². The molecular formula is C25H36N2O3. The minimum atomic E-state index is 0.122. The van der Waals surface area contributed by atoms with E-state index in [0.29, 0.717) is 31.5 Å². The second-order valence-corrected chi connectivity index (χ2v) is 9.25. The fraction of sp³-hybridized carbons (Fsp3) is 0.680. The van der Waals surface area contributed by atoms with E-state index in [1.807, 2.05) is 4.90 Å². The maximum atomic E-state index is 13.0. The molecule has 0 bridgehead atoms. The number of benzene rings is 1. The third-order valence-corrected chi connectivity index (χ3v) is 7.75. The van der Waals surface area contributed by atoms with Gasteiger partial charge in [0.15, 0.2) is 0 Å². The summed E-state index contributed by atoms with van der Waals surface area (Å²) in [6.07, 6.45) is 5.38. The van der Waals surface area contributed by atoms with Gasteiger partial charge in [-0.25, -0.2) is 0 Å². The number of carbonyl (C=O) groups excluding carboxylic acids is 2. The normalized spacial score (nSPS) is 23.4. The highest BCUT2D eigenvalue weighted by Gasteiger charge is 2.46. The quantitative estimate of drug-likeness (QED) is 0.741. The van der Waals surface area contributed by atoms with E-state index < -0.39 is 0 Å². The lowest BCUT2D eigenvalue weighted by Gasteiger charge is -2.42. The minimum absolute atomic E-state index is 0.122. The number of carbonyl (C=O) groups is 2. The first-order valence-corrected chi connectivity index (χ1v) is 11.8. The number of rotatable bonds is 5. The zero-order chi connectivity index (χ0) is 21.1. The summed E-state index contributed by atoms with van der Waals surface area (Å²) in [5.74, 6) is 1.03. The van der Waals surface area contributed by atoms with Crippen molar-refractivity contribution in [1.29, 1.82) is 0 Å². The average molecular weight is 413 g/mol. The Morgan fingerprint density at radius 2 is 1.77 bits per heavy atom. The highest BCUT2D eigenvalue weighted by molar-refractivity contribution is 5.79. The van der Waals surface area contributed by atoms with Gasteiger partial charge in [0.2, 0.25) is 11.8 Å². The zero-order valence-corrected chi connectivity index (χ0v) is 18.6. The van der Waals surface area contributed by atoms with Crippen molar-refractivity contribution in [3.05, 3.63) is 35.4 Å². The number of fused-ring (bicyclic) bond motifs is 2. The van der Waals surface area contributed by atoms with Crippen molar-refractivity contribution in [1.82, 2.24) is 9.80 Å². The molecule has 0 unspecified atom stereocenters. The fourth-order valence-electron chi connectivity index (χ4n) is 5.96. The fourth-order valence-corrected chi connectivity index (χ4v) is 5.96. The summed E-state index contributed by atoms with van der Waals surface area (Å²) in [4.78, 5) is 29.8. The average Bonchev–Trinajstić information content (AvgIpc) is 3.08. The minimum Gasteiger partial charge on any atom is -0.381 e. The summed E-state index contributed by atoms with van der Waals surface area (Å²) in [6, 6.07) is 8.74. The van der Waals surface area contributed by atoms with Crippen LogP contribution >= 0.6 is 0 Å². The first-order valence-electron chi connectivity index (χ1n) is 11.8. The molecule has 2 aliphatic heterocycles. The second-order valence-electron chi connectivity index (χ2n) is 9.25. The molecule has 1 aromatic rings. The van der Waals surface area contributed by atoms with E-state index in [2.05, 4.69) is 43.0 Å². The highest BCUT2D eigenvalue weighted by atomic mass is 16.5. The molecule has 0 N–H and O–H groups in total. The Bertz CT molecular complexity index is 759. The molecule has 1 spiro atoms. The van der Waals surface area contributed by atoms with Gasteiger partial charge in [0.05, 0.1) is 0 Å². The van der Waals surface area contributed by atoms with Crippen molar-refractivity contribution < 1.29 is 14.3 Å². The predicted octanol–water partition coefficient (Wildman–Crippen LogP) is 3.72. The molecule has 2 fully saturated rings. The molecule has 0 radical (unpaired) electrons. The van der Waals surface area contributed by atoms with Crippen LogP contribution in [0.5, 0.6) is 0 Å². The van der Waals surface area contributed by atoms with Crippen LogP contribution in [-0.4, -0.2) is 61.0 Å². The van der Waals surface area contributed by atoms with Crippen molar-refractivity contribution in [2.45, 2.75) is 63.7 Å². The van der Waals surface area contributed by atoms with Crippen molar-refractivity contribution in [3.8, 4) is 0 Å². The Labute approximate surface area is 180 Å². The van der Waals surface area contributed by atoms with Crippen molar-refractivity contribution in [2.24, 2.45) is 5.92 Å². The Morgan fingerprint density at radius 3 is 2.43 bits per heavy atom. The number of ether oxygens (including phenoxy) is 1. The Hall–Kier alpha value is -1.88. The molecule has 3 aliphatic rings. The lowest BCUT2D eigenvalue weighted by molar-refractivity contribution is -0.140. The Morgan fingerprint density at radius 1 is 1.10 bits per heavy atom. The summed E-state index contributed by atoms with van der Waals surface area (Å²) < 4.78 is 5.43. The van der Waals surface area contributed by atoms with Gasteiger partial charge < -0.3 is 14.5 Å². The molecule has 1 atom stereocenters. The molecule has 5 nitrogen and oxygen atoms in total. The standard InChI is InChI=1S/C25H36N2O3/c1-3-26(4-2)23(28)17-20-18-25(22-8-6-5-7-21(20)22)11-13-27(14-12-25)24(29)19-9-15-30-16-10-19/h5-8,19-20H,3-4,9-18H2,1-2H3/t20-/m1/s1. The number of hydrogen-bond acceptors (Lipinski definition) is 3. The van der Waals surface area contributed by atoms with Gasteiger partial charge in [0, 0.05) is 51.7 Å². The van der Waals surface area contributed by atoms with Crippen LogP contribution in [0.25, 0.3) is 0 Å². The molecule has 4 rings (SSSR count). The molecule has 0 saturated carbocycles. The number of likely N-dealkylation sites (tertiary alicyclic amines) is 1. The first-order chi connectivity index (χ1) is 14.6. The van der Waals surface area contributed by atoms with E-state index in [-0.39, 0.29) is 17.2 Å². The van der Waals surface area contributed by atoms with Gasteiger partial charge in [0.1, 0.15) is 0 Å². The summed E-state index contributed by atoms with van der Waals surface area (Å²) in [5.41, 5.74) is 2.92. The van der Waals surface area contributed by atoms with E-state index in [1.54, 1.807) is 0 Å². The Kier molecular flexibility index (Phi) is 6.47. The van der Waals surface area contributed by atoms with E-state index in [4.69, 9.17) is 4.74 Å². The van der Waals surface area contributed by atoms with Crippen LogP contribution in [0, 0.1) is 5.92 Å². The largest absolute Gasteiger partial charge is 0.381 e. The van der Waals surface area contributed by atoms with Crippen LogP contribution in [0.15, 0.2) is 24.3 Å². The summed E-state index contributed by atoms with van der Waals surface area (Å²) in [7, 11) is 0. The SMILES string of the molecule is CCN(CC)C(=O)C[C@@H]1CC2(CCN(C(=O)C3CCOCC3)CC2)c2ccccc21. The van der Waals surface area contributed by atoms with E-state index in [9.17, 15) is 9.59 Å². The van der Waals surface area contributed by atoms with Gasteiger partial charge >= 0.3 is 0 Å². The molecule has 2 amide bonds. The Balaban J connectivity index is 1.46. The molecule has 2 heterocycles. The van der Waals surface area contributed by atoms with Gasteiger partial charge in [-0.05, 0) is 68.4 Å². The van der Waals surface area contributed by atoms with Crippen molar-refractivity contribution in [3.63, 3.8) is 0 Å². The van der Waals surface area contributed by atoms with Crippen LogP contribution < -0.4 is 0 Å². The smallest absolute Gasteiger partial charge is 0.225 e. The molecule has 1 aliphatic carbocycles. The lowest BCUT2D eigenvalue weighted by atomic mass is 9.73. The summed E-state index contributed by atoms with van der Waals surface area (Å²) >= 11 is 0. The molecule has 164 valence electrons. The van der Waals surface area contributed by atoms with Crippen LogP contribution in [0.1, 0.15) is 69.4 Å². The van der Waals surface area contributed by atoms with Gasteiger partial charge in [-0.1, -0.05) is 24.3 Å². The lowest BCUT2D eigenvalue weighted by Crippen LogP contribution is -2.47. The number of hydrogen-bond donors (Lipinski definition) is 0. The third-order valence-electron chi connectivity index (χ3n) is 7.75. The molecular weight excluding hydrogens is 376 g/mol. The maximum Gasteiger partial charge on any atom is 0.225 e. The van der Waals surface area contributed by atoms with E-state index >= 15 is 0 Å². The number of nitrogens with zero attached hydrogens (tertiary/aromatic N) is 2. The van der Waals surface area contributed by atoms with Crippen LogP contribution in [-0.2, 0) is 19.7 Å². The first kappa shape index (κ1) is 21.4. The monoisotopic (exact) mass is 412 g/mol. The van der Waals surface area contributed by atoms with E-state index in [1.165, 1.54) is 11.1 Å². The van der Waals surface area contributed by atoms with Gasteiger partial charge in [-0.3, -0.25) is 9.59 Å².